The van der Waals surface area contributed by atoms with Crippen LogP contribution in [-0.4, -0.2) is 40.1 Å². The van der Waals surface area contributed by atoms with Crippen molar-refractivity contribution in [1.82, 2.24) is 4.90 Å². The van der Waals surface area contributed by atoms with Gasteiger partial charge < -0.3 is 5.32 Å². The molecule has 4 heterocycles. The molecule has 33 heavy (non-hydrogen) atoms. The number of fused-ring (bicyclic) bond motifs is 7. The van der Waals surface area contributed by atoms with Crippen LogP contribution in [0.2, 0.25) is 5.02 Å². The third kappa shape index (κ3) is 2.38. The third-order valence-corrected chi connectivity index (χ3v) is 7.85. The largest absolute Gasteiger partial charge is 0.324 e. The van der Waals surface area contributed by atoms with Crippen molar-refractivity contribution < 1.29 is 19.3 Å². The summed E-state index contributed by atoms with van der Waals surface area (Å²) >= 11 is 5.94. The number of benzene rings is 2. The second-order valence-corrected chi connectivity index (χ2v) is 9.49. The minimum atomic E-state index is -1.27. The first kappa shape index (κ1) is 20.3. The van der Waals surface area contributed by atoms with Crippen LogP contribution < -0.4 is 10.2 Å². The molecule has 3 amide bonds. The zero-order valence-electron chi connectivity index (χ0n) is 17.6. The summed E-state index contributed by atoms with van der Waals surface area (Å²) in [6.45, 7) is 2.54. The van der Waals surface area contributed by atoms with E-state index >= 15 is 0 Å². The lowest BCUT2D eigenvalue weighted by molar-refractivity contribution is -0.384. The Morgan fingerprint density at radius 2 is 1.94 bits per heavy atom. The first-order valence-corrected chi connectivity index (χ1v) is 11.2. The van der Waals surface area contributed by atoms with E-state index in [0.29, 0.717) is 18.7 Å². The van der Waals surface area contributed by atoms with Crippen LogP contribution in [0.25, 0.3) is 0 Å². The van der Waals surface area contributed by atoms with Crippen LogP contribution in [0.15, 0.2) is 36.4 Å². The van der Waals surface area contributed by atoms with Crippen molar-refractivity contribution in [3.8, 4) is 0 Å². The van der Waals surface area contributed by atoms with Crippen molar-refractivity contribution in [3.05, 3.63) is 62.7 Å². The number of nitrogens with one attached hydrogen (secondary N) is 1. The zero-order valence-corrected chi connectivity index (χ0v) is 18.3. The minimum Gasteiger partial charge on any atom is -0.324 e. The van der Waals surface area contributed by atoms with Gasteiger partial charge >= 0.3 is 0 Å². The van der Waals surface area contributed by atoms with E-state index in [-0.39, 0.29) is 28.3 Å². The fourth-order valence-electron chi connectivity index (χ4n) is 6.35. The van der Waals surface area contributed by atoms with Gasteiger partial charge in [-0.3, -0.25) is 29.4 Å². The van der Waals surface area contributed by atoms with Gasteiger partial charge in [-0.1, -0.05) is 29.3 Å². The zero-order chi connectivity index (χ0) is 23.2. The predicted octanol–water partition coefficient (Wildman–Crippen LogP) is 2.99. The molecule has 1 spiro atoms. The molecule has 0 aromatic heterocycles. The molecule has 0 saturated carbocycles. The maximum atomic E-state index is 13.9. The summed E-state index contributed by atoms with van der Waals surface area (Å²) in [5.41, 5.74) is 0.759. The molecule has 4 atom stereocenters. The van der Waals surface area contributed by atoms with Crippen LogP contribution in [0.3, 0.4) is 0 Å². The van der Waals surface area contributed by atoms with Gasteiger partial charge in [0.25, 0.3) is 5.69 Å². The molecule has 3 fully saturated rings. The highest BCUT2D eigenvalue weighted by Crippen LogP contribution is 2.60. The number of carbonyl (C=O) groups excluding carboxylic acids is 3. The highest BCUT2D eigenvalue weighted by atomic mass is 35.5. The SMILES string of the molecule is Cc1ccc2c(c1)[C@@]1(C(=O)N2)[C@H]2C(=O)N(c3ccc(Cl)c([N+](=O)[O-])c3)C(=O)[C@@H]2[C@H]2CCCN21. The van der Waals surface area contributed by atoms with Crippen molar-refractivity contribution >= 4 is 46.4 Å². The Bertz CT molecular complexity index is 1300. The Hall–Kier alpha value is -3.30. The number of nitro groups is 1. The van der Waals surface area contributed by atoms with E-state index in [1.54, 1.807) is 0 Å². The van der Waals surface area contributed by atoms with Crippen LogP contribution in [0, 0.1) is 28.9 Å². The quantitative estimate of drug-likeness (QED) is 0.413. The lowest BCUT2D eigenvalue weighted by Crippen LogP contribution is -2.54. The van der Waals surface area contributed by atoms with Gasteiger partial charge in [0.15, 0.2) is 0 Å². The molecule has 3 saturated heterocycles. The number of aryl methyl sites for hydroxylation is 1. The van der Waals surface area contributed by atoms with Gasteiger partial charge in [-0.05, 0) is 44.5 Å². The summed E-state index contributed by atoms with van der Waals surface area (Å²) in [5.74, 6) is -2.85. The van der Waals surface area contributed by atoms with E-state index in [1.165, 1.54) is 12.1 Å². The molecule has 1 N–H and O–H groups in total. The summed E-state index contributed by atoms with van der Waals surface area (Å²) in [6, 6.07) is 9.27. The minimum absolute atomic E-state index is 0.0824. The van der Waals surface area contributed by atoms with E-state index in [2.05, 4.69) is 5.32 Å². The fraction of sp³-hybridized carbons (Fsp3) is 0.348. The molecule has 4 aliphatic rings. The summed E-state index contributed by atoms with van der Waals surface area (Å²) in [6.07, 6.45) is 1.52. The Kier molecular flexibility index (Phi) is 4.07. The molecule has 2 aromatic rings. The number of imide groups is 1. The average molecular weight is 467 g/mol. The number of carbonyl (C=O) groups is 3. The highest BCUT2D eigenvalue weighted by molar-refractivity contribution is 6.33. The average Bonchev–Trinajstić information content (AvgIpc) is 3.47. The second-order valence-electron chi connectivity index (χ2n) is 9.08. The molecule has 0 aliphatic carbocycles. The van der Waals surface area contributed by atoms with Gasteiger partial charge in [-0.15, -0.1) is 0 Å². The maximum absolute atomic E-state index is 13.9. The fourth-order valence-corrected chi connectivity index (χ4v) is 6.54. The summed E-state index contributed by atoms with van der Waals surface area (Å²) in [5, 5.41) is 14.2. The van der Waals surface area contributed by atoms with E-state index < -0.39 is 34.1 Å². The van der Waals surface area contributed by atoms with Gasteiger partial charge in [-0.2, -0.15) is 0 Å². The van der Waals surface area contributed by atoms with Gasteiger partial charge in [0.2, 0.25) is 17.7 Å². The van der Waals surface area contributed by atoms with E-state index in [4.69, 9.17) is 11.6 Å². The second kappa shape index (κ2) is 6.61. The Morgan fingerprint density at radius 1 is 1.15 bits per heavy atom. The van der Waals surface area contributed by atoms with Crippen molar-refractivity contribution in [1.29, 1.82) is 0 Å². The summed E-state index contributed by atoms with van der Waals surface area (Å²) < 4.78 is 0. The summed E-state index contributed by atoms with van der Waals surface area (Å²) in [7, 11) is 0. The third-order valence-electron chi connectivity index (χ3n) is 7.53. The molecular formula is C23H19ClN4O5. The van der Waals surface area contributed by atoms with Crippen LogP contribution >= 0.6 is 11.6 Å². The monoisotopic (exact) mass is 466 g/mol. The number of nitro benzene ring substituents is 1. The number of halogens is 1. The highest BCUT2D eigenvalue weighted by Gasteiger charge is 2.74. The molecule has 10 heteroatoms. The molecule has 4 aliphatic heterocycles. The van der Waals surface area contributed by atoms with Crippen LogP contribution in [0.4, 0.5) is 17.1 Å². The van der Waals surface area contributed by atoms with Crippen LogP contribution in [0.5, 0.6) is 0 Å². The number of anilines is 2. The lowest BCUT2D eigenvalue weighted by Gasteiger charge is -2.36. The normalized spacial score (nSPS) is 30.1. The molecule has 9 nitrogen and oxygen atoms in total. The number of amides is 3. The van der Waals surface area contributed by atoms with Gasteiger partial charge in [0, 0.05) is 23.4 Å². The van der Waals surface area contributed by atoms with E-state index in [1.807, 2.05) is 30.0 Å². The summed E-state index contributed by atoms with van der Waals surface area (Å²) in [4.78, 5) is 55.0. The van der Waals surface area contributed by atoms with Gasteiger partial charge in [0.1, 0.15) is 10.6 Å². The Morgan fingerprint density at radius 3 is 2.70 bits per heavy atom. The topological polar surface area (TPSA) is 113 Å². The smallest absolute Gasteiger partial charge is 0.289 e. The first-order chi connectivity index (χ1) is 15.8. The standard InChI is InChI=1S/C23H19ClN4O5/c1-11-4-7-15-13(9-11)23(22(31)25-15)19-18(16-3-2-8-26(16)23)20(29)27(21(19)30)12-5-6-14(24)17(10-12)28(32)33/h4-7,9-10,16,18-19H,2-3,8H2,1H3,(H,25,31)/t16-,18-,19-,23+/m1/s1. The number of hydrogen-bond acceptors (Lipinski definition) is 6. The number of hydrogen-bond donors (Lipinski definition) is 1. The Labute approximate surface area is 193 Å². The first-order valence-electron chi connectivity index (χ1n) is 10.8. The van der Waals surface area contributed by atoms with Gasteiger partial charge in [-0.25, -0.2) is 4.90 Å². The molecule has 2 aromatic carbocycles. The molecule has 168 valence electrons. The molecule has 6 rings (SSSR count). The van der Waals surface area contributed by atoms with E-state index in [9.17, 15) is 24.5 Å². The van der Waals surface area contributed by atoms with Crippen molar-refractivity contribution in [3.63, 3.8) is 0 Å². The maximum Gasteiger partial charge on any atom is 0.289 e. The van der Waals surface area contributed by atoms with Crippen LogP contribution in [0.1, 0.15) is 24.0 Å². The van der Waals surface area contributed by atoms with Gasteiger partial charge in [0.05, 0.1) is 22.4 Å². The van der Waals surface area contributed by atoms with E-state index in [0.717, 1.165) is 28.5 Å². The molecule has 0 bridgehead atoms. The number of nitrogens with zero attached hydrogens (tertiary/aromatic N) is 3. The molecular weight excluding hydrogens is 448 g/mol. The predicted molar refractivity (Wildman–Crippen MR) is 119 cm³/mol. The lowest BCUT2D eigenvalue weighted by atomic mass is 9.75. The molecule has 0 radical (unpaired) electrons. The van der Waals surface area contributed by atoms with Crippen molar-refractivity contribution in [2.75, 3.05) is 16.8 Å². The number of rotatable bonds is 2. The van der Waals surface area contributed by atoms with Crippen molar-refractivity contribution in [2.24, 2.45) is 11.8 Å². The molecule has 0 unspecified atom stereocenters. The Balaban J connectivity index is 1.54. The van der Waals surface area contributed by atoms with Crippen LogP contribution in [-0.2, 0) is 19.9 Å². The van der Waals surface area contributed by atoms with Crippen molar-refractivity contribution in [2.45, 2.75) is 31.3 Å².